The maximum absolute atomic E-state index is 10.6. The first-order valence-corrected chi connectivity index (χ1v) is 5.28. The second-order valence-corrected chi connectivity index (χ2v) is 3.89. The van der Waals surface area contributed by atoms with Gasteiger partial charge in [-0.05, 0) is 25.5 Å². The van der Waals surface area contributed by atoms with E-state index in [-0.39, 0.29) is 18.4 Å². The van der Waals surface area contributed by atoms with Gasteiger partial charge >= 0.3 is 0 Å². The Morgan fingerprint density at radius 3 is 2.75 bits per heavy atom. The predicted molar refractivity (Wildman–Crippen MR) is 63.1 cm³/mol. The summed E-state index contributed by atoms with van der Waals surface area (Å²) in [6.07, 6.45) is 0.215. The molecule has 0 bridgehead atoms. The molecule has 4 N–H and O–H groups in total. The van der Waals surface area contributed by atoms with Gasteiger partial charge in [-0.25, -0.2) is 0 Å². The van der Waals surface area contributed by atoms with Crippen LogP contribution in [-0.4, -0.2) is 12.5 Å². The number of amides is 1. The second-order valence-electron chi connectivity index (χ2n) is 3.89. The number of aryl methyl sites for hydroxylation is 1. The average Bonchev–Trinajstić information content (AvgIpc) is 2.16. The lowest BCUT2D eigenvalue weighted by molar-refractivity contribution is -0.118. The minimum absolute atomic E-state index is 0.0934. The zero-order chi connectivity index (χ0) is 12.1. The van der Waals surface area contributed by atoms with E-state index in [1.54, 1.807) is 0 Å². The number of primary amides is 1. The highest BCUT2D eigenvalue weighted by Gasteiger charge is 2.08. The summed E-state index contributed by atoms with van der Waals surface area (Å²) in [4.78, 5) is 10.6. The van der Waals surface area contributed by atoms with Gasteiger partial charge in [0, 0.05) is 11.6 Å². The van der Waals surface area contributed by atoms with Gasteiger partial charge in [0.15, 0.2) is 0 Å². The van der Waals surface area contributed by atoms with E-state index in [4.69, 9.17) is 16.2 Å². The van der Waals surface area contributed by atoms with Crippen LogP contribution in [0.2, 0.25) is 0 Å². The fourth-order valence-corrected chi connectivity index (χ4v) is 1.40. The summed E-state index contributed by atoms with van der Waals surface area (Å²) in [6.45, 7) is 4.16. The second kappa shape index (κ2) is 5.51. The molecular formula is C12H18N2O2. The third-order valence-electron chi connectivity index (χ3n) is 2.27. The van der Waals surface area contributed by atoms with E-state index in [2.05, 4.69) is 0 Å². The van der Waals surface area contributed by atoms with E-state index in [0.29, 0.717) is 6.61 Å². The normalized spacial score (nSPS) is 12.2. The fourth-order valence-electron chi connectivity index (χ4n) is 1.40. The van der Waals surface area contributed by atoms with Gasteiger partial charge in [0.25, 0.3) is 0 Å². The first kappa shape index (κ1) is 12.5. The number of nitrogens with two attached hydrogens (primary N) is 2. The Balaban J connectivity index is 2.76. The number of carbonyl (C=O) groups excluding carboxylic acids is 1. The molecule has 0 aliphatic rings. The smallest absolute Gasteiger partial charge is 0.220 e. The SMILES string of the molecule is Cc1ccc([C@H](C)N)c(OCCC(N)=O)c1. The molecule has 0 aliphatic heterocycles. The summed E-state index contributed by atoms with van der Waals surface area (Å²) in [5, 5.41) is 0. The lowest BCUT2D eigenvalue weighted by Crippen LogP contribution is -2.15. The Morgan fingerprint density at radius 1 is 1.50 bits per heavy atom. The maximum atomic E-state index is 10.6. The van der Waals surface area contributed by atoms with Gasteiger partial charge in [0.2, 0.25) is 5.91 Å². The minimum Gasteiger partial charge on any atom is -0.493 e. The zero-order valence-electron chi connectivity index (χ0n) is 9.69. The van der Waals surface area contributed by atoms with E-state index in [1.165, 1.54) is 0 Å². The Bertz CT molecular complexity index is 375. The highest BCUT2D eigenvalue weighted by atomic mass is 16.5. The summed E-state index contributed by atoms with van der Waals surface area (Å²) in [6, 6.07) is 5.75. The summed E-state index contributed by atoms with van der Waals surface area (Å²) < 4.78 is 5.51. The minimum atomic E-state index is -0.366. The van der Waals surface area contributed by atoms with Crippen molar-refractivity contribution in [1.29, 1.82) is 0 Å². The van der Waals surface area contributed by atoms with Crippen molar-refractivity contribution in [2.45, 2.75) is 26.3 Å². The van der Waals surface area contributed by atoms with Gasteiger partial charge in [-0.3, -0.25) is 4.79 Å². The fraction of sp³-hybridized carbons (Fsp3) is 0.417. The van der Waals surface area contributed by atoms with Gasteiger partial charge in [-0.15, -0.1) is 0 Å². The molecule has 1 atom stereocenters. The third-order valence-corrected chi connectivity index (χ3v) is 2.27. The van der Waals surface area contributed by atoms with Crippen molar-refractivity contribution < 1.29 is 9.53 Å². The summed E-state index contributed by atoms with van der Waals surface area (Å²) >= 11 is 0. The van der Waals surface area contributed by atoms with Gasteiger partial charge in [0.1, 0.15) is 5.75 Å². The first-order chi connectivity index (χ1) is 7.50. The first-order valence-electron chi connectivity index (χ1n) is 5.28. The molecule has 0 aromatic heterocycles. The Kier molecular flexibility index (Phi) is 4.31. The topological polar surface area (TPSA) is 78.3 Å². The van der Waals surface area contributed by atoms with Gasteiger partial charge in [0.05, 0.1) is 13.0 Å². The highest BCUT2D eigenvalue weighted by Crippen LogP contribution is 2.25. The van der Waals surface area contributed by atoms with Crippen LogP contribution in [0.4, 0.5) is 0 Å². The van der Waals surface area contributed by atoms with Gasteiger partial charge < -0.3 is 16.2 Å². The molecule has 0 spiro atoms. The molecule has 0 saturated heterocycles. The molecule has 0 radical (unpaired) electrons. The van der Waals surface area contributed by atoms with Crippen molar-refractivity contribution in [3.8, 4) is 5.75 Å². The quantitative estimate of drug-likeness (QED) is 0.787. The van der Waals surface area contributed by atoms with Crippen molar-refractivity contribution >= 4 is 5.91 Å². The van der Waals surface area contributed by atoms with Crippen LogP contribution in [0.3, 0.4) is 0 Å². The van der Waals surface area contributed by atoms with Crippen molar-refractivity contribution in [2.24, 2.45) is 11.5 Å². The number of rotatable bonds is 5. The van der Waals surface area contributed by atoms with Crippen LogP contribution in [0, 0.1) is 6.92 Å². The Morgan fingerprint density at radius 2 is 2.19 bits per heavy atom. The molecule has 88 valence electrons. The van der Waals surface area contributed by atoms with Crippen molar-refractivity contribution in [3.05, 3.63) is 29.3 Å². The standard InChI is InChI=1S/C12H18N2O2/c1-8-3-4-10(9(2)13)11(7-8)16-6-5-12(14)15/h3-4,7,9H,5-6,13H2,1-2H3,(H2,14,15)/t9-/m0/s1. The third kappa shape index (κ3) is 3.55. The van der Waals surface area contributed by atoms with E-state index in [0.717, 1.165) is 16.9 Å². The van der Waals surface area contributed by atoms with E-state index >= 15 is 0 Å². The number of hydrogen-bond donors (Lipinski definition) is 2. The summed E-state index contributed by atoms with van der Waals surface area (Å²) in [5.41, 5.74) is 12.9. The highest BCUT2D eigenvalue weighted by molar-refractivity contribution is 5.73. The van der Waals surface area contributed by atoms with Crippen LogP contribution in [0.25, 0.3) is 0 Å². The van der Waals surface area contributed by atoms with Crippen molar-refractivity contribution in [2.75, 3.05) is 6.61 Å². The number of carbonyl (C=O) groups is 1. The molecule has 0 saturated carbocycles. The molecule has 1 rings (SSSR count). The molecule has 0 heterocycles. The van der Waals surface area contributed by atoms with Crippen LogP contribution in [-0.2, 0) is 4.79 Å². The van der Waals surface area contributed by atoms with Crippen molar-refractivity contribution in [3.63, 3.8) is 0 Å². The lowest BCUT2D eigenvalue weighted by atomic mass is 10.1. The average molecular weight is 222 g/mol. The molecule has 0 unspecified atom stereocenters. The molecule has 16 heavy (non-hydrogen) atoms. The Hall–Kier alpha value is -1.55. The molecule has 4 heteroatoms. The predicted octanol–water partition coefficient (Wildman–Crippen LogP) is 1.27. The largest absolute Gasteiger partial charge is 0.493 e. The van der Waals surface area contributed by atoms with Crippen LogP contribution >= 0.6 is 0 Å². The molecule has 1 aromatic rings. The van der Waals surface area contributed by atoms with E-state index < -0.39 is 0 Å². The van der Waals surface area contributed by atoms with Crippen LogP contribution in [0.15, 0.2) is 18.2 Å². The Labute approximate surface area is 95.6 Å². The molecule has 0 fully saturated rings. The maximum Gasteiger partial charge on any atom is 0.220 e. The van der Waals surface area contributed by atoms with Gasteiger partial charge in [-0.2, -0.15) is 0 Å². The monoisotopic (exact) mass is 222 g/mol. The van der Waals surface area contributed by atoms with E-state index in [9.17, 15) is 4.79 Å². The molecule has 4 nitrogen and oxygen atoms in total. The van der Waals surface area contributed by atoms with Crippen LogP contribution < -0.4 is 16.2 Å². The molecule has 0 aliphatic carbocycles. The number of hydrogen-bond acceptors (Lipinski definition) is 3. The van der Waals surface area contributed by atoms with E-state index in [1.807, 2.05) is 32.0 Å². The number of benzene rings is 1. The lowest BCUT2D eigenvalue weighted by Gasteiger charge is -2.14. The number of ether oxygens (including phenoxy) is 1. The summed E-state index contributed by atoms with van der Waals surface area (Å²) in [5.74, 6) is 0.367. The van der Waals surface area contributed by atoms with Crippen LogP contribution in [0.1, 0.15) is 30.5 Å². The van der Waals surface area contributed by atoms with Crippen LogP contribution in [0.5, 0.6) is 5.75 Å². The van der Waals surface area contributed by atoms with Crippen molar-refractivity contribution in [1.82, 2.24) is 0 Å². The zero-order valence-corrected chi connectivity index (χ0v) is 9.69. The molecule has 1 aromatic carbocycles. The molecule has 1 amide bonds. The summed E-state index contributed by atoms with van der Waals surface area (Å²) in [7, 11) is 0. The molecular weight excluding hydrogens is 204 g/mol. The van der Waals surface area contributed by atoms with Gasteiger partial charge in [-0.1, -0.05) is 12.1 Å².